The second kappa shape index (κ2) is 5.30. The Kier molecular flexibility index (Phi) is 4.00. The molecule has 0 amide bonds. The largest absolute Gasteiger partial charge is 0.329 e. The third kappa shape index (κ3) is 2.65. The van der Waals surface area contributed by atoms with E-state index in [0.717, 1.165) is 13.1 Å². The monoisotopic (exact) mass is 282 g/mol. The zero-order valence-electron chi connectivity index (χ0n) is 9.75. The van der Waals surface area contributed by atoms with E-state index >= 15 is 0 Å². The first-order valence-corrected chi connectivity index (χ1v) is 6.69. The van der Waals surface area contributed by atoms with E-state index in [2.05, 4.69) is 46.0 Å². The molecule has 0 bridgehead atoms. The van der Waals surface area contributed by atoms with Gasteiger partial charge in [0.05, 0.1) is 0 Å². The lowest BCUT2D eigenvalue weighted by Gasteiger charge is -2.23. The van der Waals surface area contributed by atoms with Crippen LogP contribution in [0, 0.1) is 6.92 Å². The van der Waals surface area contributed by atoms with E-state index in [1.54, 1.807) is 0 Å². The van der Waals surface area contributed by atoms with Crippen LogP contribution in [0.1, 0.15) is 24.0 Å². The van der Waals surface area contributed by atoms with Gasteiger partial charge in [0, 0.05) is 23.6 Å². The molecule has 16 heavy (non-hydrogen) atoms. The van der Waals surface area contributed by atoms with Gasteiger partial charge >= 0.3 is 0 Å². The average molecular weight is 283 g/mol. The lowest BCUT2D eigenvalue weighted by atomic mass is 10.1. The highest BCUT2D eigenvalue weighted by molar-refractivity contribution is 9.10. The highest BCUT2D eigenvalue weighted by Gasteiger charge is 2.22. The van der Waals surface area contributed by atoms with Crippen LogP contribution in [0.15, 0.2) is 22.7 Å². The van der Waals surface area contributed by atoms with Gasteiger partial charge in [0.1, 0.15) is 0 Å². The van der Waals surface area contributed by atoms with E-state index in [4.69, 9.17) is 5.73 Å². The number of benzene rings is 1. The Morgan fingerprint density at radius 2 is 2.31 bits per heavy atom. The molecule has 1 aliphatic rings. The SMILES string of the molecule is Cc1ccc(CN2CCCC2CN)cc1Br. The van der Waals surface area contributed by atoms with Crippen LogP contribution in [0.4, 0.5) is 0 Å². The molecule has 0 spiro atoms. The number of hydrogen-bond acceptors (Lipinski definition) is 2. The lowest BCUT2D eigenvalue weighted by molar-refractivity contribution is 0.250. The molecule has 0 aromatic heterocycles. The first-order valence-electron chi connectivity index (χ1n) is 5.90. The fraction of sp³-hybridized carbons (Fsp3) is 0.538. The Labute approximate surface area is 106 Å². The molecule has 0 saturated carbocycles. The molecule has 3 heteroatoms. The molecule has 0 radical (unpaired) electrons. The van der Waals surface area contributed by atoms with E-state index in [0.29, 0.717) is 6.04 Å². The molecule has 1 unspecified atom stereocenters. The molecule has 0 aliphatic carbocycles. The summed E-state index contributed by atoms with van der Waals surface area (Å²) in [7, 11) is 0. The second-order valence-corrected chi connectivity index (χ2v) is 5.44. The van der Waals surface area contributed by atoms with Crippen LogP contribution < -0.4 is 5.73 Å². The highest BCUT2D eigenvalue weighted by atomic mass is 79.9. The predicted molar refractivity (Wildman–Crippen MR) is 71.4 cm³/mol. The van der Waals surface area contributed by atoms with Gasteiger partial charge in [0.2, 0.25) is 0 Å². The number of hydrogen-bond donors (Lipinski definition) is 1. The minimum Gasteiger partial charge on any atom is -0.329 e. The lowest BCUT2D eigenvalue weighted by Crippen LogP contribution is -2.34. The fourth-order valence-corrected chi connectivity index (χ4v) is 2.77. The predicted octanol–water partition coefficient (Wildman–Crippen LogP) is 2.68. The molecule has 1 fully saturated rings. The van der Waals surface area contributed by atoms with Crippen LogP contribution in [-0.4, -0.2) is 24.0 Å². The number of likely N-dealkylation sites (tertiary alicyclic amines) is 1. The number of nitrogens with two attached hydrogens (primary N) is 1. The van der Waals surface area contributed by atoms with Gasteiger partial charge in [-0.2, -0.15) is 0 Å². The van der Waals surface area contributed by atoms with E-state index in [9.17, 15) is 0 Å². The maximum Gasteiger partial charge on any atom is 0.0237 e. The van der Waals surface area contributed by atoms with Crippen LogP contribution in [0.2, 0.25) is 0 Å². The van der Waals surface area contributed by atoms with Gasteiger partial charge in [0.25, 0.3) is 0 Å². The summed E-state index contributed by atoms with van der Waals surface area (Å²) in [6.45, 7) is 5.12. The topological polar surface area (TPSA) is 29.3 Å². The molecule has 1 aromatic rings. The summed E-state index contributed by atoms with van der Waals surface area (Å²) in [5.41, 5.74) is 8.45. The summed E-state index contributed by atoms with van der Waals surface area (Å²) in [6, 6.07) is 7.19. The van der Waals surface area contributed by atoms with Crippen LogP contribution >= 0.6 is 15.9 Å². The van der Waals surface area contributed by atoms with Crippen molar-refractivity contribution in [2.24, 2.45) is 5.73 Å². The van der Waals surface area contributed by atoms with Crippen molar-refractivity contribution in [2.75, 3.05) is 13.1 Å². The fourth-order valence-electron chi connectivity index (χ4n) is 2.34. The Hall–Kier alpha value is -0.380. The molecule has 2 rings (SSSR count). The van der Waals surface area contributed by atoms with Gasteiger partial charge in [-0.3, -0.25) is 4.90 Å². The first kappa shape index (κ1) is 12.1. The quantitative estimate of drug-likeness (QED) is 0.924. The summed E-state index contributed by atoms with van der Waals surface area (Å²) >= 11 is 3.58. The van der Waals surface area contributed by atoms with Gasteiger partial charge < -0.3 is 5.73 Å². The Bertz CT molecular complexity index is 365. The third-order valence-electron chi connectivity index (χ3n) is 3.39. The smallest absolute Gasteiger partial charge is 0.0237 e. The molecular weight excluding hydrogens is 264 g/mol. The third-order valence-corrected chi connectivity index (χ3v) is 4.25. The number of aryl methyl sites for hydroxylation is 1. The summed E-state index contributed by atoms with van der Waals surface area (Å²) in [5.74, 6) is 0. The maximum atomic E-state index is 5.78. The van der Waals surface area contributed by atoms with Crippen molar-refractivity contribution in [3.05, 3.63) is 33.8 Å². The van der Waals surface area contributed by atoms with Crippen molar-refractivity contribution in [2.45, 2.75) is 32.4 Å². The molecule has 1 atom stereocenters. The first-order chi connectivity index (χ1) is 7.70. The van der Waals surface area contributed by atoms with E-state index in [1.165, 1.54) is 35.0 Å². The van der Waals surface area contributed by atoms with Gasteiger partial charge in [-0.1, -0.05) is 28.1 Å². The Morgan fingerprint density at radius 3 is 3.00 bits per heavy atom. The summed E-state index contributed by atoms with van der Waals surface area (Å²) in [5, 5.41) is 0. The van der Waals surface area contributed by atoms with Crippen LogP contribution in [0.3, 0.4) is 0 Å². The van der Waals surface area contributed by atoms with Gasteiger partial charge in [-0.15, -0.1) is 0 Å². The average Bonchev–Trinajstić information content (AvgIpc) is 2.71. The summed E-state index contributed by atoms with van der Waals surface area (Å²) in [6.07, 6.45) is 2.54. The van der Waals surface area contributed by atoms with E-state index < -0.39 is 0 Å². The van der Waals surface area contributed by atoms with Crippen molar-refractivity contribution in [3.8, 4) is 0 Å². The van der Waals surface area contributed by atoms with Crippen LogP contribution in [0.5, 0.6) is 0 Å². The molecule has 2 nitrogen and oxygen atoms in total. The Balaban J connectivity index is 2.05. The molecule has 1 heterocycles. The van der Waals surface area contributed by atoms with Crippen molar-refractivity contribution < 1.29 is 0 Å². The maximum absolute atomic E-state index is 5.78. The molecular formula is C13H19BrN2. The standard InChI is InChI=1S/C13H19BrN2/c1-10-4-5-11(7-13(10)14)9-16-6-2-3-12(16)8-15/h4-5,7,12H,2-3,6,8-9,15H2,1H3. The normalized spacial score (nSPS) is 21.6. The Morgan fingerprint density at radius 1 is 1.50 bits per heavy atom. The molecule has 1 aromatic carbocycles. The molecule has 2 N–H and O–H groups in total. The molecule has 1 aliphatic heterocycles. The van der Waals surface area contributed by atoms with Crippen molar-refractivity contribution in [1.82, 2.24) is 4.90 Å². The van der Waals surface area contributed by atoms with Crippen LogP contribution in [0.25, 0.3) is 0 Å². The van der Waals surface area contributed by atoms with Gasteiger partial charge in [-0.25, -0.2) is 0 Å². The van der Waals surface area contributed by atoms with Crippen molar-refractivity contribution >= 4 is 15.9 Å². The van der Waals surface area contributed by atoms with Crippen molar-refractivity contribution in [1.29, 1.82) is 0 Å². The van der Waals surface area contributed by atoms with Gasteiger partial charge in [-0.05, 0) is 43.5 Å². The van der Waals surface area contributed by atoms with Gasteiger partial charge in [0.15, 0.2) is 0 Å². The van der Waals surface area contributed by atoms with Crippen molar-refractivity contribution in [3.63, 3.8) is 0 Å². The zero-order valence-corrected chi connectivity index (χ0v) is 11.3. The molecule has 88 valence electrons. The minimum absolute atomic E-state index is 0.583. The second-order valence-electron chi connectivity index (χ2n) is 4.59. The highest BCUT2D eigenvalue weighted by Crippen LogP contribution is 2.22. The zero-order chi connectivity index (χ0) is 11.5. The number of halogens is 1. The molecule has 1 saturated heterocycles. The number of nitrogens with zero attached hydrogens (tertiary/aromatic N) is 1. The number of rotatable bonds is 3. The minimum atomic E-state index is 0.583. The summed E-state index contributed by atoms with van der Waals surface area (Å²) < 4.78 is 1.20. The van der Waals surface area contributed by atoms with E-state index in [1.807, 2.05) is 0 Å². The van der Waals surface area contributed by atoms with E-state index in [-0.39, 0.29) is 0 Å². The van der Waals surface area contributed by atoms with Crippen LogP contribution in [-0.2, 0) is 6.54 Å². The summed E-state index contributed by atoms with van der Waals surface area (Å²) in [4.78, 5) is 2.50.